The third-order valence-electron chi connectivity index (χ3n) is 35.2. The average molecular weight is 1810 g/mol. The molecule has 20 rings (SSSR count). The number of benzene rings is 8. The number of amides is 4. The van der Waals surface area contributed by atoms with E-state index in [2.05, 4.69) is 117 Å². The Kier molecular flexibility index (Phi) is 27.2. The highest BCUT2D eigenvalue weighted by molar-refractivity contribution is 9.09. The second-order valence-electron chi connectivity index (χ2n) is 41.9. The van der Waals surface area contributed by atoms with E-state index in [0.29, 0.717) is 119 Å². The smallest absolute Gasteiger partial charge is 0.248 e. The molecule has 129 heavy (non-hydrogen) atoms. The van der Waals surface area contributed by atoms with Crippen LogP contribution in [-0.2, 0) is 51.4 Å². The van der Waals surface area contributed by atoms with E-state index in [4.69, 9.17) is 42.3 Å². The van der Waals surface area contributed by atoms with E-state index in [1.165, 1.54) is 57.3 Å². The van der Waals surface area contributed by atoms with Crippen molar-refractivity contribution < 1.29 is 64.0 Å². The van der Waals surface area contributed by atoms with Crippen LogP contribution in [0.15, 0.2) is 183 Å². The molecule has 0 aromatic heterocycles. The van der Waals surface area contributed by atoms with E-state index in [9.17, 15) is 44.7 Å². The SMILES string of the molecule is C=CCOc1ccc2c(c1)CC[C@@H]1[C@@H]2CC[C@]2(C)[C@@H](O)[C@@H](Cc3cccc(C(N)=O)c3)C[C@@H]12.C[C@]12CCC3c4ccc(O)cc4CCC3C1C[C@H](Cc1cccc(C(N)=O)c1)[C@@H]2O.C[C@]12CC[C@@H]3c4ccc(OCCBr)cc4CC[C@H]3[C@@H]1C[C@H](Cc1cccc(C(N)=O)c1)[C@@H]2O.C[C@]12CC[C@@H]3c4ccc(OCCO)cc4CC[C@H]3[C@@H]1C[C@H](Cc1cccc(C(N)=O)c1)[C@@H]2O. The Balaban J connectivity index is 0.000000121. The number of phenolic OH excluding ortho intramolecular Hbond substituents is 1. The van der Waals surface area contributed by atoms with Gasteiger partial charge in [-0.25, -0.2) is 0 Å². The summed E-state index contributed by atoms with van der Waals surface area (Å²) >= 11 is 3.43. The zero-order valence-electron chi connectivity index (χ0n) is 75.7. The Hall–Kier alpha value is -9.14. The summed E-state index contributed by atoms with van der Waals surface area (Å²) in [4.78, 5) is 46.3. The number of aliphatic hydroxyl groups is 5. The molecule has 14 N–H and O–H groups in total. The first-order chi connectivity index (χ1) is 62.1. The Morgan fingerprint density at radius 1 is 0.388 bits per heavy atom. The van der Waals surface area contributed by atoms with Gasteiger partial charge in [-0.3, -0.25) is 19.2 Å². The van der Waals surface area contributed by atoms with E-state index in [0.717, 1.165) is 186 Å². The normalized spacial score (nSPS) is 33.0. The van der Waals surface area contributed by atoms with Crippen LogP contribution in [0.4, 0.5) is 0 Å². The van der Waals surface area contributed by atoms with E-state index < -0.39 is 23.6 Å². The van der Waals surface area contributed by atoms with Crippen molar-refractivity contribution in [2.45, 2.75) is 230 Å². The van der Waals surface area contributed by atoms with Gasteiger partial charge >= 0.3 is 0 Å². The topological polar surface area (TPSA) is 321 Å². The van der Waals surface area contributed by atoms with Crippen LogP contribution in [0.2, 0.25) is 0 Å². The molecule has 684 valence electrons. The number of aromatic hydroxyl groups is 1. The molecule has 8 aromatic rings. The molecule has 8 fully saturated rings. The minimum atomic E-state index is -0.405. The Labute approximate surface area is 770 Å². The van der Waals surface area contributed by atoms with Crippen molar-refractivity contribution in [3.63, 3.8) is 0 Å². The van der Waals surface area contributed by atoms with Crippen LogP contribution < -0.4 is 37.1 Å². The van der Waals surface area contributed by atoms with E-state index in [1.54, 1.807) is 30.3 Å². The summed E-state index contributed by atoms with van der Waals surface area (Å²) in [6.07, 6.45) is 25.5. The molecule has 18 heteroatoms. The molecular weight excluding hydrogens is 1680 g/mol. The number of ether oxygens (including phenoxy) is 3. The van der Waals surface area contributed by atoms with Gasteiger partial charge in [-0.05, 0) is 434 Å². The number of carbonyl (C=O) groups is 4. The van der Waals surface area contributed by atoms with Crippen molar-refractivity contribution >= 4 is 39.6 Å². The highest BCUT2D eigenvalue weighted by Gasteiger charge is 2.62. The second-order valence-corrected chi connectivity index (χ2v) is 42.6. The first kappa shape index (κ1) is 91.7. The predicted molar refractivity (Wildman–Crippen MR) is 508 cm³/mol. The van der Waals surface area contributed by atoms with Gasteiger partial charge in [0.15, 0.2) is 0 Å². The van der Waals surface area contributed by atoms with Gasteiger partial charge < -0.3 is 67.8 Å². The lowest BCUT2D eigenvalue weighted by Crippen LogP contribution is -2.44. The zero-order chi connectivity index (χ0) is 90.5. The van der Waals surface area contributed by atoms with Crippen molar-refractivity contribution in [1.82, 2.24) is 0 Å². The number of hydrogen-bond acceptors (Lipinski definition) is 13. The molecule has 0 saturated heterocycles. The molecule has 12 aliphatic carbocycles. The number of carbonyl (C=O) groups excluding carboxylic acids is 4. The number of primary amides is 4. The monoisotopic (exact) mass is 1810 g/mol. The molecular formula is C111H135BrN4O13. The molecule has 0 radical (unpaired) electrons. The van der Waals surface area contributed by atoms with Crippen molar-refractivity contribution in [2.24, 2.45) is 116 Å². The number of aliphatic hydroxyl groups excluding tert-OH is 5. The van der Waals surface area contributed by atoms with Gasteiger partial charge in [-0.2, -0.15) is 0 Å². The Bertz CT molecular complexity index is 5280. The quantitative estimate of drug-likeness (QED) is 0.0237. The summed E-state index contributed by atoms with van der Waals surface area (Å²) < 4.78 is 17.3. The highest BCUT2D eigenvalue weighted by atomic mass is 79.9. The second kappa shape index (κ2) is 38.2. The van der Waals surface area contributed by atoms with Crippen molar-refractivity contribution in [1.29, 1.82) is 0 Å². The number of phenols is 1. The number of halogens is 1. The minimum absolute atomic E-state index is 0.0242. The van der Waals surface area contributed by atoms with E-state index >= 15 is 0 Å². The maximum absolute atomic E-state index is 11.6. The summed E-state index contributed by atoms with van der Waals surface area (Å²) in [6, 6.07) is 56.0. The molecule has 0 bridgehead atoms. The molecule has 0 heterocycles. The molecule has 0 spiro atoms. The molecule has 12 aliphatic rings. The molecule has 0 aliphatic heterocycles. The average Bonchev–Trinajstić information content (AvgIpc) is 1.62. The third-order valence-corrected chi connectivity index (χ3v) is 35.5. The molecule has 8 aromatic carbocycles. The van der Waals surface area contributed by atoms with Crippen LogP contribution in [0.3, 0.4) is 0 Å². The van der Waals surface area contributed by atoms with Crippen LogP contribution in [0.5, 0.6) is 23.0 Å². The van der Waals surface area contributed by atoms with Gasteiger partial charge in [0.1, 0.15) is 36.2 Å². The van der Waals surface area contributed by atoms with Crippen molar-refractivity contribution in [2.75, 3.05) is 31.8 Å². The molecule has 17 nitrogen and oxygen atoms in total. The van der Waals surface area contributed by atoms with Gasteiger partial charge in [0.2, 0.25) is 23.6 Å². The van der Waals surface area contributed by atoms with Crippen LogP contribution in [-0.4, -0.2) is 110 Å². The Morgan fingerprint density at radius 3 is 0.946 bits per heavy atom. The lowest BCUT2D eigenvalue weighted by molar-refractivity contribution is -0.0325. The maximum atomic E-state index is 11.6. The highest BCUT2D eigenvalue weighted by Crippen LogP contribution is 2.68. The van der Waals surface area contributed by atoms with Crippen LogP contribution in [0.25, 0.3) is 0 Å². The van der Waals surface area contributed by atoms with Gasteiger partial charge in [0.25, 0.3) is 0 Å². The fourth-order valence-electron chi connectivity index (χ4n) is 29.0. The predicted octanol–water partition coefficient (Wildman–Crippen LogP) is 18.3. The molecule has 4 amide bonds. The van der Waals surface area contributed by atoms with Gasteiger partial charge in [-0.15, -0.1) is 0 Å². The third kappa shape index (κ3) is 18.2. The summed E-state index contributed by atoms with van der Waals surface area (Å²) in [6.45, 7) is 14.6. The fourth-order valence-corrected chi connectivity index (χ4v) is 29.2. The van der Waals surface area contributed by atoms with Crippen molar-refractivity contribution in [3.8, 4) is 23.0 Å². The molecule has 24 atom stereocenters. The number of hydrogen-bond donors (Lipinski definition) is 10. The molecule has 8 saturated carbocycles. The van der Waals surface area contributed by atoms with Crippen molar-refractivity contribution in [3.05, 3.63) is 272 Å². The summed E-state index contributed by atoms with van der Waals surface area (Å²) in [5.41, 5.74) is 39.7. The summed E-state index contributed by atoms with van der Waals surface area (Å²) in [7, 11) is 0. The number of alkyl halides is 1. The van der Waals surface area contributed by atoms with E-state index in [1.807, 2.05) is 78.9 Å². The largest absolute Gasteiger partial charge is 0.508 e. The first-order valence-corrected chi connectivity index (χ1v) is 49.3. The number of fused-ring (bicyclic) bond motifs is 20. The standard InChI is InChI=1S/C29H35NO3.C28H34BrNO3.C28H35NO4.C26H31NO3/c1-3-13-33-22-8-10-23-19(16-22)7-9-25-24(23)11-12-29(2)26(25)17-21(27(29)31)15-18-5-4-6-20(14-18)28(30)32;1-28-10-9-23-22-8-6-21(33-12-11-29)15-18(22)5-7-24(23)25(28)16-20(26(28)31)14-17-3-2-4-19(13-17)27(30)32;1-28-10-9-23-22-8-6-21(33-12-11-30)15-18(22)5-7-24(23)25(28)16-20(26(28)31)14-17-3-2-4-19(13-17)27(29)32;1-26-10-9-21-20-8-6-19(28)13-16(20)5-7-22(21)23(26)14-18(24(26)29)12-15-3-2-4-17(11-15)25(27)30/h3-6,8,10,14,16,21,24-27,31H,1,7,9,11-13,15,17H2,2H3,(H2,30,32);2-4,6,8,13,15,20,23-26,31H,5,7,9-12,14,16H2,1H3,(H2,30,32);2-4,6,8,13,15,20,23-26,30-31H,5,7,9-12,14,16H2,1H3,(H2,29,32);2-4,6,8,11,13,18,21-24,28-29H,5,7,9-10,12,14H2,1H3,(H2,27,30)/t21-,24+,25+,26-,27-,29-;2*20-,23+,24+,25-,26-,28-;18-,21?,22?,23?,24-,26-/m0000/s1. The zero-order valence-corrected chi connectivity index (χ0v) is 77.3. The lowest BCUT2D eigenvalue weighted by Gasteiger charge is -2.50. The van der Waals surface area contributed by atoms with E-state index in [-0.39, 0.29) is 76.4 Å². The van der Waals surface area contributed by atoms with Gasteiger partial charge in [0, 0.05) is 27.6 Å². The number of rotatable bonds is 21. The Morgan fingerprint density at radius 2 is 0.667 bits per heavy atom. The van der Waals surface area contributed by atoms with Crippen LogP contribution in [0.1, 0.15) is 262 Å². The summed E-state index contributed by atoms with van der Waals surface area (Å²) in [5.74, 6) is 9.14. The fraction of sp³-hybridized carbons (Fsp3) is 0.514. The van der Waals surface area contributed by atoms with Crippen LogP contribution in [0, 0.1) is 92.7 Å². The van der Waals surface area contributed by atoms with Gasteiger partial charge in [0.05, 0.1) is 37.6 Å². The maximum Gasteiger partial charge on any atom is 0.248 e. The molecule has 3 unspecified atom stereocenters. The summed E-state index contributed by atoms with van der Waals surface area (Å²) in [5, 5.41) is 65.5. The number of aryl methyl sites for hydroxylation is 4. The minimum Gasteiger partial charge on any atom is -0.508 e. The van der Waals surface area contributed by atoms with Gasteiger partial charge in [-0.1, -0.05) is 129 Å². The van der Waals surface area contributed by atoms with Crippen LogP contribution >= 0.6 is 15.9 Å². The first-order valence-electron chi connectivity index (χ1n) is 48.2. The lowest BCUT2D eigenvalue weighted by atomic mass is 9.55. The number of nitrogens with two attached hydrogens (primary N) is 4.